The molecule has 1 aliphatic rings. The maximum atomic E-state index is 13.0. The second-order valence-corrected chi connectivity index (χ2v) is 6.08. The summed E-state index contributed by atoms with van der Waals surface area (Å²) in [5.41, 5.74) is -0.0108. The van der Waals surface area contributed by atoms with Crippen molar-refractivity contribution >= 4 is 17.5 Å². The lowest BCUT2D eigenvalue weighted by Crippen LogP contribution is -2.49. The summed E-state index contributed by atoms with van der Waals surface area (Å²) < 4.78 is 13.0. The predicted molar refractivity (Wildman–Crippen MR) is 82.0 cm³/mol. The molecule has 22 heavy (non-hydrogen) atoms. The van der Waals surface area contributed by atoms with Crippen LogP contribution in [0.4, 0.5) is 4.39 Å². The number of carbonyl (C=O) groups is 2. The Bertz CT molecular complexity index is 621. The summed E-state index contributed by atoms with van der Waals surface area (Å²) >= 11 is 0. The van der Waals surface area contributed by atoms with Gasteiger partial charge in [-0.15, -0.1) is 0 Å². The SMILES string of the molecule is CC(C)NC(=O)CN1C(=O)C(c2ccc(F)cc2)=NC1(C)C. The van der Waals surface area contributed by atoms with E-state index in [1.807, 2.05) is 13.8 Å². The van der Waals surface area contributed by atoms with E-state index in [-0.39, 0.29) is 35.9 Å². The van der Waals surface area contributed by atoms with Crippen LogP contribution in [0.1, 0.15) is 33.3 Å². The van der Waals surface area contributed by atoms with Crippen LogP contribution < -0.4 is 5.32 Å². The summed E-state index contributed by atoms with van der Waals surface area (Å²) in [6.45, 7) is 7.19. The van der Waals surface area contributed by atoms with E-state index in [2.05, 4.69) is 10.3 Å². The van der Waals surface area contributed by atoms with Crippen LogP contribution >= 0.6 is 0 Å². The molecule has 0 atom stereocenters. The summed E-state index contributed by atoms with van der Waals surface area (Å²) in [4.78, 5) is 30.3. The van der Waals surface area contributed by atoms with Gasteiger partial charge >= 0.3 is 0 Å². The first-order valence-electron chi connectivity index (χ1n) is 7.18. The smallest absolute Gasteiger partial charge is 0.275 e. The molecule has 2 rings (SSSR count). The van der Waals surface area contributed by atoms with E-state index < -0.39 is 5.66 Å². The second-order valence-electron chi connectivity index (χ2n) is 6.08. The largest absolute Gasteiger partial charge is 0.352 e. The fourth-order valence-corrected chi connectivity index (χ4v) is 2.33. The quantitative estimate of drug-likeness (QED) is 0.920. The van der Waals surface area contributed by atoms with E-state index in [0.717, 1.165) is 0 Å². The zero-order valence-corrected chi connectivity index (χ0v) is 13.2. The number of hydrogen-bond acceptors (Lipinski definition) is 3. The van der Waals surface area contributed by atoms with Crippen molar-refractivity contribution in [2.45, 2.75) is 39.4 Å². The molecular weight excluding hydrogens is 285 g/mol. The van der Waals surface area contributed by atoms with E-state index in [1.165, 1.54) is 29.2 Å². The monoisotopic (exact) mass is 305 g/mol. The molecule has 0 spiro atoms. The van der Waals surface area contributed by atoms with Gasteiger partial charge in [0.05, 0.1) is 0 Å². The van der Waals surface area contributed by atoms with E-state index in [1.54, 1.807) is 13.8 Å². The molecule has 118 valence electrons. The first-order valence-corrected chi connectivity index (χ1v) is 7.18. The van der Waals surface area contributed by atoms with Crippen molar-refractivity contribution in [1.82, 2.24) is 10.2 Å². The molecule has 6 heteroatoms. The number of amides is 2. The highest BCUT2D eigenvalue weighted by molar-refractivity contribution is 6.46. The number of aliphatic imine (C=N–C) groups is 1. The molecule has 0 bridgehead atoms. The van der Waals surface area contributed by atoms with Gasteiger partial charge in [-0.3, -0.25) is 14.6 Å². The van der Waals surface area contributed by atoms with Crippen LogP contribution in [0.25, 0.3) is 0 Å². The van der Waals surface area contributed by atoms with Gasteiger partial charge in [0.25, 0.3) is 5.91 Å². The summed E-state index contributed by atoms with van der Waals surface area (Å²) in [6.07, 6.45) is 0. The van der Waals surface area contributed by atoms with Crippen LogP contribution in [0.15, 0.2) is 29.3 Å². The minimum Gasteiger partial charge on any atom is -0.352 e. The number of nitrogens with zero attached hydrogens (tertiary/aromatic N) is 2. The standard InChI is InChI=1S/C16H20FN3O2/c1-10(2)18-13(21)9-20-15(22)14(19-16(20,3)4)11-5-7-12(17)8-6-11/h5-8,10H,9H2,1-4H3,(H,18,21). The Morgan fingerprint density at radius 2 is 1.91 bits per heavy atom. The van der Waals surface area contributed by atoms with E-state index in [9.17, 15) is 14.0 Å². The maximum Gasteiger partial charge on any atom is 0.275 e. The van der Waals surface area contributed by atoms with E-state index in [4.69, 9.17) is 0 Å². The van der Waals surface area contributed by atoms with Gasteiger partial charge in [-0.25, -0.2) is 4.39 Å². The van der Waals surface area contributed by atoms with Crippen molar-refractivity contribution < 1.29 is 14.0 Å². The molecule has 0 aromatic heterocycles. The highest BCUT2D eigenvalue weighted by Crippen LogP contribution is 2.26. The van der Waals surface area contributed by atoms with Crippen molar-refractivity contribution in [2.75, 3.05) is 6.54 Å². The minimum absolute atomic E-state index is 0.00537. The zero-order valence-electron chi connectivity index (χ0n) is 13.2. The van der Waals surface area contributed by atoms with Gasteiger partial charge < -0.3 is 10.2 Å². The Kier molecular flexibility index (Phi) is 4.30. The lowest BCUT2D eigenvalue weighted by atomic mass is 10.1. The molecule has 0 saturated heterocycles. The van der Waals surface area contributed by atoms with Crippen LogP contribution in [0.2, 0.25) is 0 Å². The lowest BCUT2D eigenvalue weighted by Gasteiger charge is -2.29. The summed E-state index contributed by atoms with van der Waals surface area (Å²) in [7, 11) is 0. The van der Waals surface area contributed by atoms with Gasteiger partial charge in [0.1, 0.15) is 23.7 Å². The van der Waals surface area contributed by atoms with Gasteiger partial charge in [-0.2, -0.15) is 0 Å². The molecule has 0 unspecified atom stereocenters. The molecule has 1 aromatic carbocycles. The molecule has 1 N–H and O–H groups in total. The van der Waals surface area contributed by atoms with Crippen LogP contribution in [0, 0.1) is 5.82 Å². The molecule has 0 radical (unpaired) electrons. The van der Waals surface area contributed by atoms with Crippen molar-refractivity contribution in [1.29, 1.82) is 0 Å². The Hall–Kier alpha value is -2.24. The first-order chi connectivity index (χ1) is 10.2. The molecule has 5 nitrogen and oxygen atoms in total. The fraction of sp³-hybridized carbons (Fsp3) is 0.438. The zero-order chi connectivity index (χ0) is 16.5. The minimum atomic E-state index is -0.810. The average Bonchev–Trinajstić information content (AvgIpc) is 2.62. The lowest BCUT2D eigenvalue weighted by molar-refractivity contribution is -0.134. The number of benzene rings is 1. The second kappa shape index (κ2) is 5.87. The molecule has 1 aliphatic heterocycles. The average molecular weight is 305 g/mol. The first kappa shape index (κ1) is 16.1. The number of rotatable bonds is 4. The summed E-state index contributed by atoms with van der Waals surface area (Å²) in [6, 6.07) is 5.60. The molecule has 0 saturated carbocycles. The summed E-state index contributed by atoms with van der Waals surface area (Å²) in [5.74, 6) is -0.926. The van der Waals surface area contributed by atoms with Gasteiger partial charge in [-0.1, -0.05) is 0 Å². The molecule has 0 fully saturated rings. The highest BCUT2D eigenvalue weighted by Gasteiger charge is 2.41. The number of nitrogens with one attached hydrogen (secondary N) is 1. The summed E-state index contributed by atoms with van der Waals surface area (Å²) in [5, 5.41) is 2.76. The predicted octanol–water partition coefficient (Wildman–Crippen LogP) is 1.72. The molecular formula is C16H20FN3O2. The molecule has 1 heterocycles. The highest BCUT2D eigenvalue weighted by atomic mass is 19.1. The van der Waals surface area contributed by atoms with Gasteiger partial charge in [-0.05, 0) is 52.0 Å². The maximum absolute atomic E-state index is 13.0. The Labute approximate surface area is 129 Å². The third-order valence-corrected chi connectivity index (χ3v) is 3.36. The van der Waals surface area contributed by atoms with Crippen LogP contribution in [0.3, 0.4) is 0 Å². The normalized spacial score (nSPS) is 16.9. The van der Waals surface area contributed by atoms with E-state index in [0.29, 0.717) is 5.56 Å². The van der Waals surface area contributed by atoms with Gasteiger partial charge in [0.15, 0.2) is 0 Å². The van der Waals surface area contributed by atoms with E-state index >= 15 is 0 Å². The number of hydrogen-bond donors (Lipinski definition) is 1. The van der Waals surface area contributed by atoms with Crippen LogP contribution in [-0.4, -0.2) is 40.7 Å². The fourth-order valence-electron chi connectivity index (χ4n) is 2.33. The third kappa shape index (κ3) is 3.32. The van der Waals surface area contributed by atoms with Crippen molar-refractivity contribution in [3.63, 3.8) is 0 Å². The van der Waals surface area contributed by atoms with Crippen LogP contribution in [0.5, 0.6) is 0 Å². The van der Waals surface area contributed by atoms with Crippen molar-refractivity contribution in [3.8, 4) is 0 Å². The van der Waals surface area contributed by atoms with Gasteiger partial charge in [0, 0.05) is 11.6 Å². The molecule has 0 aliphatic carbocycles. The topological polar surface area (TPSA) is 61.8 Å². The van der Waals surface area contributed by atoms with Crippen molar-refractivity contribution in [2.24, 2.45) is 4.99 Å². The Morgan fingerprint density at radius 3 is 2.45 bits per heavy atom. The van der Waals surface area contributed by atoms with Crippen LogP contribution in [-0.2, 0) is 9.59 Å². The third-order valence-electron chi connectivity index (χ3n) is 3.36. The molecule has 2 amide bonds. The Balaban J connectivity index is 2.21. The Morgan fingerprint density at radius 1 is 1.32 bits per heavy atom. The number of halogens is 1. The van der Waals surface area contributed by atoms with Crippen molar-refractivity contribution in [3.05, 3.63) is 35.6 Å². The number of carbonyl (C=O) groups excluding carboxylic acids is 2. The van der Waals surface area contributed by atoms with Gasteiger partial charge in [0.2, 0.25) is 5.91 Å². The molecule has 1 aromatic rings.